The van der Waals surface area contributed by atoms with Gasteiger partial charge in [-0.05, 0) is 37.5 Å². The van der Waals surface area contributed by atoms with Crippen LogP contribution in [0.2, 0.25) is 0 Å². The summed E-state index contributed by atoms with van der Waals surface area (Å²) in [5, 5.41) is 0. The molecule has 1 aromatic carbocycles. The van der Waals surface area contributed by atoms with E-state index in [4.69, 9.17) is 5.84 Å². The first-order valence-corrected chi connectivity index (χ1v) is 7.98. The lowest BCUT2D eigenvalue weighted by atomic mass is 10.1. The molecule has 0 aliphatic rings. The average molecular weight is 320 g/mol. The highest BCUT2D eigenvalue weighted by Gasteiger charge is 2.09. The highest BCUT2D eigenvalue weighted by molar-refractivity contribution is 7.85. The minimum atomic E-state index is -4.33. The maximum absolute atomic E-state index is 10.8. The SMILES string of the molecule is C=Cc1cc[n+](N)cc1.Cc1cc(C)c(S(=O)(=O)[O-])c(C)c1. The summed E-state index contributed by atoms with van der Waals surface area (Å²) in [4.78, 5) is -0.0851. The summed E-state index contributed by atoms with van der Waals surface area (Å²) in [6, 6.07) is 7.18. The molecule has 0 fully saturated rings. The van der Waals surface area contributed by atoms with Crippen LogP contribution in [0.3, 0.4) is 0 Å². The quantitative estimate of drug-likeness (QED) is 0.520. The van der Waals surface area contributed by atoms with E-state index < -0.39 is 10.1 Å². The smallest absolute Gasteiger partial charge is 0.199 e. The number of nitrogens with zero attached hydrogens (tertiary/aromatic N) is 1. The van der Waals surface area contributed by atoms with Crippen molar-refractivity contribution in [3.63, 3.8) is 0 Å². The Kier molecular flexibility index (Phi) is 5.84. The van der Waals surface area contributed by atoms with E-state index in [9.17, 15) is 13.0 Å². The second-order valence-corrected chi connectivity index (χ2v) is 6.28. The van der Waals surface area contributed by atoms with Crippen LogP contribution >= 0.6 is 0 Å². The molecule has 5 nitrogen and oxygen atoms in total. The summed E-state index contributed by atoms with van der Waals surface area (Å²) in [5.41, 5.74) is 3.08. The standard InChI is InChI=1S/C9H12O3S.C7H9N2/c1-6-4-7(2)9(8(3)5-6)13(10,11)12;1-2-7-3-5-9(8)6-4-7/h4-5H,1-3H3,(H,10,11,12);2-6H,1,8H2/q;+1/p-1. The Morgan fingerprint density at radius 2 is 1.59 bits per heavy atom. The topological polar surface area (TPSA) is 87.1 Å². The summed E-state index contributed by atoms with van der Waals surface area (Å²) in [5.74, 6) is 5.36. The molecule has 0 bridgehead atoms. The third-order valence-corrected chi connectivity index (χ3v) is 4.11. The Balaban J connectivity index is 0.000000235. The number of hydrogen-bond donors (Lipinski definition) is 1. The molecule has 2 N–H and O–H groups in total. The number of hydrogen-bond acceptors (Lipinski definition) is 4. The van der Waals surface area contributed by atoms with E-state index in [1.807, 2.05) is 19.1 Å². The van der Waals surface area contributed by atoms with Crippen molar-refractivity contribution in [1.29, 1.82) is 0 Å². The summed E-state index contributed by atoms with van der Waals surface area (Å²) < 4.78 is 34.0. The van der Waals surface area contributed by atoms with Gasteiger partial charge in [-0.2, -0.15) is 0 Å². The molecule has 1 aromatic heterocycles. The maximum Gasteiger partial charge on any atom is 0.199 e. The minimum Gasteiger partial charge on any atom is -0.744 e. The van der Waals surface area contributed by atoms with E-state index in [-0.39, 0.29) is 4.90 Å². The molecule has 1 heterocycles. The van der Waals surface area contributed by atoms with E-state index in [1.165, 1.54) is 4.68 Å². The van der Waals surface area contributed by atoms with Crippen molar-refractivity contribution in [2.24, 2.45) is 0 Å². The third kappa shape index (κ3) is 4.98. The van der Waals surface area contributed by atoms with Crippen LogP contribution in [0, 0.1) is 20.8 Å². The van der Waals surface area contributed by atoms with E-state index in [0.29, 0.717) is 11.1 Å². The minimum absolute atomic E-state index is 0.0851. The molecule has 0 aliphatic carbocycles. The van der Waals surface area contributed by atoms with Crippen LogP contribution in [0.5, 0.6) is 0 Å². The van der Waals surface area contributed by atoms with Gasteiger partial charge in [0.15, 0.2) is 12.4 Å². The molecule has 118 valence electrons. The van der Waals surface area contributed by atoms with Crippen LogP contribution < -0.4 is 10.5 Å². The lowest BCUT2D eigenvalue weighted by molar-refractivity contribution is -0.638. The van der Waals surface area contributed by atoms with Crippen LogP contribution in [-0.4, -0.2) is 13.0 Å². The molecule has 2 aromatic rings. The van der Waals surface area contributed by atoms with Crippen LogP contribution in [0.15, 0.2) is 48.1 Å². The van der Waals surface area contributed by atoms with Crippen LogP contribution in [0.25, 0.3) is 6.08 Å². The van der Waals surface area contributed by atoms with Crippen LogP contribution in [0.4, 0.5) is 0 Å². The van der Waals surface area contributed by atoms with Gasteiger partial charge in [0.2, 0.25) is 0 Å². The van der Waals surface area contributed by atoms with E-state index in [1.54, 1.807) is 44.4 Å². The maximum atomic E-state index is 10.8. The molecule has 0 saturated heterocycles. The van der Waals surface area contributed by atoms with Gasteiger partial charge in [0.05, 0.1) is 4.90 Å². The van der Waals surface area contributed by atoms with Crippen molar-refractivity contribution in [1.82, 2.24) is 0 Å². The first kappa shape index (κ1) is 17.9. The van der Waals surface area contributed by atoms with E-state index in [0.717, 1.165) is 11.1 Å². The van der Waals surface area contributed by atoms with Crippen molar-refractivity contribution < 1.29 is 17.6 Å². The molecule has 0 unspecified atom stereocenters. The lowest BCUT2D eigenvalue weighted by Crippen LogP contribution is -2.43. The summed E-state index contributed by atoms with van der Waals surface area (Å²) >= 11 is 0. The van der Waals surface area contributed by atoms with Gasteiger partial charge < -0.3 is 4.55 Å². The van der Waals surface area contributed by atoms with Crippen LogP contribution in [-0.2, 0) is 10.1 Å². The van der Waals surface area contributed by atoms with Crippen molar-refractivity contribution >= 4 is 16.2 Å². The van der Waals surface area contributed by atoms with Crippen molar-refractivity contribution in [3.05, 3.63) is 65.5 Å². The molecule has 6 heteroatoms. The summed E-state index contributed by atoms with van der Waals surface area (Å²) in [6.45, 7) is 8.73. The highest BCUT2D eigenvalue weighted by Crippen LogP contribution is 2.20. The second kappa shape index (κ2) is 7.20. The van der Waals surface area contributed by atoms with E-state index >= 15 is 0 Å². The molecule has 22 heavy (non-hydrogen) atoms. The Morgan fingerprint density at radius 1 is 1.14 bits per heavy atom. The fourth-order valence-electron chi connectivity index (χ4n) is 2.15. The van der Waals surface area contributed by atoms with Crippen LogP contribution in [0.1, 0.15) is 22.3 Å². The number of rotatable bonds is 2. The summed E-state index contributed by atoms with van der Waals surface area (Å²) in [6.07, 6.45) is 5.33. The Labute approximate surface area is 131 Å². The zero-order chi connectivity index (χ0) is 16.9. The zero-order valence-corrected chi connectivity index (χ0v) is 13.7. The number of aromatic nitrogens is 1. The number of pyridine rings is 1. The zero-order valence-electron chi connectivity index (χ0n) is 12.9. The summed E-state index contributed by atoms with van der Waals surface area (Å²) in [7, 11) is -4.33. The predicted octanol–water partition coefficient (Wildman–Crippen LogP) is 1.85. The Bertz CT molecular complexity index is 743. The molecule has 0 atom stereocenters. The number of nitrogens with two attached hydrogens (primary N) is 1. The van der Waals surface area contributed by atoms with Gasteiger partial charge in [-0.15, -0.1) is 0 Å². The molecule has 0 saturated carbocycles. The Morgan fingerprint density at radius 3 is 1.95 bits per heavy atom. The lowest BCUT2D eigenvalue weighted by Gasteiger charge is -2.14. The number of nitrogen functional groups attached to an aromatic ring is 1. The molecule has 0 amide bonds. The second-order valence-electron chi connectivity index (χ2n) is 4.96. The Hall–Kier alpha value is -2.18. The van der Waals surface area contributed by atoms with Crippen molar-refractivity contribution in [2.45, 2.75) is 25.7 Å². The molecular weight excluding hydrogens is 300 g/mol. The van der Waals surface area contributed by atoms with Crippen molar-refractivity contribution in [3.8, 4) is 0 Å². The number of benzene rings is 1. The van der Waals surface area contributed by atoms with E-state index in [2.05, 4.69) is 6.58 Å². The normalized spacial score (nSPS) is 10.5. The van der Waals surface area contributed by atoms with Crippen molar-refractivity contribution in [2.75, 3.05) is 5.84 Å². The number of aryl methyl sites for hydroxylation is 3. The van der Waals surface area contributed by atoms with Gasteiger partial charge >= 0.3 is 0 Å². The predicted molar refractivity (Wildman–Crippen MR) is 85.5 cm³/mol. The van der Waals surface area contributed by atoms with Gasteiger partial charge in [-0.1, -0.05) is 35.0 Å². The van der Waals surface area contributed by atoms with Gasteiger partial charge in [0, 0.05) is 12.1 Å². The highest BCUT2D eigenvalue weighted by atomic mass is 32.2. The third-order valence-electron chi connectivity index (χ3n) is 2.97. The molecule has 2 rings (SSSR count). The first-order chi connectivity index (χ1) is 10.1. The monoisotopic (exact) mass is 320 g/mol. The molecule has 0 spiro atoms. The molecule has 0 aliphatic heterocycles. The molecular formula is C16H20N2O3S. The largest absolute Gasteiger partial charge is 0.744 e. The average Bonchev–Trinajstić information content (AvgIpc) is 2.37. The van der Waals surface area contributed by atoms with Gasteiger partial charge in [-0.3, -0.25) is 0 Å². The molecule has 0 radical (unpaired) electrons. The fraction of sp³-hybridized carbons (Fsp3) is 0.188. The van der Waals surface area contributed by atoms with Gasteiger partial charge in [-0.25, -0.2) is 14.3 Å². The first-order valence-electron chi connectivity index (χ1n) is 6.57. The van der Waals surface area contributed by atoms with Gasteiger partial charge in [0.1, 0.15) is 10.1 Å². The van der Waals surface area contributed by atoms with Gasteiger partial charge in [0.25, 0.3) is 0 Å². The fourth-order valence-corrected chi connectivity index (χ4v) is 3.05.